The van der Waals surface area contributed by atoms with Gasteiger partial charge in [-0.25, -0.2) is 4.68 Å². The van der Waals surface area contributed by atoms with Crippen LogP contribution in [-0.2, 0) is 9.59 Å². The van der Waals surface area contributed by atoms with E-state index in [4.69, 9.17) is 9.47 Å². The van der Waals surface area contributed by atoms with Gasteiger partial charge in [0, 0.05) is 24.7 Å². The number of anilines is 2. The Kier molecular flexibility index (Phi) is 6.88. The number of nitrogens with one attached hydrogen (secondary N) is 1. The average molecular weight is 467 g/mol. The lowest BCUT2D eigenvalue weighted by atomic mass is 10.2. The molecule has 0 fully saturated rings. The van der Waals surface area contributed by atoms with Gasteiger partial charge < -0.3 is 19.7 Å². The number of nitrogens with zero attached hydrogens (tertiary/aromatic N) is 3. The molecule has 0 radical (unpaired) electrons. The summed E-state index contributed by atoms with van der Waals surface area (Å²) in [6.45, 7) is 2.36. The summed E-state index contributed by atoms with van der Waals surface area (Å²) in [5.41, 5.74) is 3.22. The second kappa shape index (κ2) is 9.99. The van der Waals surface area contributed by atoms with Gasteiger partial charge >= 0.3 is 0 Å². The van der Waals surface area contributed by atoms with Crippen molar-refractivity contribution in [1.29, 1.82) is 0 Å². The number of rotatable bonds is 8. The number of thioether (sulfide) groups is 1. The SMILES string of the molecule is COc1ccc(NC(=O)CCCN2C(=O)CSc3c2c(C)nn3-c2ccccc2)cc1OC. The number of carbonyl (C=O) groups is 2. The molecule has 0 atom stereocenters. The Balaban J connectivity index is 1.42. The normalized spacial score (nSPS) is 12.9. The molecule has 3 aromatic rings. The smallest absolute Gasteiger partial charge is 0.237 e. The summed E-state index contributed by atoms with van der Waals surface area (Å²) in [5, 5.41) is 8.50. The maximum atomic E-state index is 12.7. The number of hydrogen-bond donors (Lipinski definition) is 1. The summed E-state index contributed by atoms with van der Waals surface area (Å²) in [6, 6.07) is 15.1. The minimum atomic E-state index is -0.127. The Bertz CT molecular complexity index is 1160. The van der Waals surface area contributed by atoms with Crippen LogP contribution in [0.25, 0.3) is 5.69 Å². The fraction of sp³-hybridized carbons (Fsp3) is 0.292. The van der Waals surface area contributed by atoms with Gasteiger partial charge in [0.25, 0.3) is 0 Å². The first-order valence-electron chi connectivity index (χ1n) is 10.6. The first kappa shape index (κ1) is 22.7. The number of hydrogen-bond acceptors (Lipinski definition) is 6. The third-order valence-electron chi connectivity index (χ3n) is 5.34. The Morgan fingerprint density at radius 1 is 1.12 bits per heavy atom. The van der Waals surface area contributed by atoms with E-state index in [2.05, 4.69) is 10.4 Å². The first-order valence-corrected chi connectivity index (χ1v) is 11.6. The largest absolute Gasteiger partial charge is 0.493 e. The van der Waals surface area contributed by atoms with E-state index in [1.165, 1.54) is 11.8 Å². The number of aryl methyl sites for hydroxylation is 1. The lowest BCUT2D eigenvalue weighted by Crippen LogP contribution is -2.36. The van der Waals surface area contributed by atoms with Crippen molar-refractivity contribution in [1.82, 2.24) is 9.78 Å². The van der Waals surface area contributed by atoms with Gasteiger partial charge in [0.2, 0.25) is 11.8 Å². The molecule has 0 aliphatic carbocycles. The summed E-state index contributed by atoms with van der Waals surface area (Å²) in [7, 11) is 3.11. The van der Waals surface area contributed by atoms with Crippen molar-refractivity contribution in [2.24, 2.45) is 0 Å². The fourth-order valence-corrected chi connectivity index (χ4v) is 4.87. The Hall–Kier alpha value is -3.46. The van der Waals surface area contributed by atoms with Crippen LogP contribution in [0.2, 0.25) is 0 Å². The van der Waals surface area contributed by atoms with E-state index >= 15 is 0 Å². The third kappa shape index (κ3) is 4.83. The fourth-order valence-electron chi connectivity index (χ4n) is 3.79. The number of methoxy groups -OCH3 is 2. The second-order valence-electron chi connectivity index (χ2n) is 7.54. The number of para-hydroxylation sites is 1. The highest BCUT2D eigenvalue weighted by Gasteiger charge is 2.31. The lowest BCUT2D eigenvalue weighted by Gasteiger charge is -2.27. The summed E-state index contributed by atoms with van der Waals surface area (Å²) in [6.07, 6.45) is 0.817. The van der Waals surface area contributed by atoms with Gasteiger partial charge in [0.1, 0.15) is 5.03 Å². The van der Waals surface area contributed by atoms with Gasteiger partial charge in [0.05, 0.1) is 37.0 Å². The van der Waals surface area contributed by atoms with E-state index < -0.39 is 0 Å². The van der Waals surface area contributed by atoms with Crippen LogP contribution in [0.4, 0.5) is 11.4 Å². The van der Waals surface area contributed by atoms with Crippen molar-refractivity contribution < 1.29 is 19.1 Å². The van der Waals surface area contributed by atoms with Crippen molar-refractivity contribution in [2.75, 3.05) is 36.7 Å². The van der Waals surface area contributed by atoms with E-state index in [1.54, 1.807) is 37.3 Å². The molecule has 172 valence electrons. The molecule has 33 heavy (non-hydrogen) atoms. The molecular weight excluding hydrogens is 440 g/mol. The number of benzene rings is 2. The quantitative estimate of drug-likeness (QED) is 0.539. The number of aromatic nitrogens is 2. The highest BCUT2D eigenvalue weighted by Crippen LogP contribution is 2.39. The monoisotopic (exact) mass is 466 g/mol. The first-order chi connectivity index (χ1) is 16.0. The van der Waals surface area contributed by atoms with Gasteiger partial charge in [-0.3, -0.25) is 9.59 Å². The zero-order valence-corrected chi connectivity index (χ0v) is 19.6. The van der Waals surface area contributed by atoms with E-state index in [9.17, 15) is 9.59 Å². The predicted molar refractivity (Wildman–Crippen MR) is 129 cm³/mol. The van der Waals surface area contributed by atoms with E-state index in [1.807, 2.05) is 41.9 Å². The minimum absolute atomic E-state index is 0.0310. The van der Waals surface area contributed by atoms with Gasteiger partial charge in [-0.05, 0) is 37.6 Å². The molecule has 0 spiro atoms. The zero-order valence-electron chi connectivity index (χ0n) is 18.8. The molecule has 1 aliphatic rings. The van der Waals surface area contributed by atoms with E-state index in [0.29, 0.717) is 35.9 Å². The molecule has 9 heteroatoms. The summed E-state index contributed by atoms with van der Waals surface area (Å²) in [4.78, 5) is 26.9. The Morgan fingerprint density at radius 2 is 1.88 bits per heavy atom. The minimum Gasteiger partial charge on any atom is -0.493 e. The topological polar surface area (TPSA) is 85.7 Å². The molecule has 0 saturated carbocycles. The highest BCUT2D eigenvalue weighted by molar-refractivity contribution is 8.00. The van der Waals surface area contributed by atoms with Crippen molar-refractivity contribution in [3.05, 3.63) is 54.2 Å². The molecular formula is C24H26N4O4S. The van der Waals surface area contributed by atoms with Gasteiger partial charge in [-0.2, -0.15) is 5.10 Å². The molecule has 2 heterocycles. The molecule has 1 aliphatic heterocycles. The second-order valence-corrected chi connectivity index (χ2v) is 8.51. The summed E-state index contributed by atoms with van der Waals surface area (Å²) < 4.78 is 12.4. The molecule has 1 N–H and O–H groups in total. The van der Waals surface area contributed by atoms with Crippen LogP contribution < -0.4 is 19.7 Å². The highest BCUT2D eigenvalue weighted by atomic mass is 32.2. The van der Waals surface area contributed by atoms with Crippen LogP contribution in [0.1, 0.15) is 18.5 Å². The molecule has 0 saturated heterocycles. The van der Waals surface area contributed by atoms with Gasteiger partial charge in [0.15, 0.2) is 11.5 Å². The van der Waals surface area contributed by atoms with Gasteiger partial charge in [-0.1, -0.05) is 30.0 Å². The molecule has 2 amide bonds. The van der Waals surface area contributed by atoms with Crippen molar-refractivity contribution in [3.63, 3.8) is 0 Å². The molecule has 1 aromatic heterocycles. The maximum Gasteiger partial charge on any atom is 0.237 e. The van der Waals surface area contributed by atoms with Crippen molar-refractivity contribution in [3.8, 4) is 17.2 Å². The molecule has 8 nitrogen and oxygen atoms in total. The molecule has 2 aromatic carbocycles. The molecule has 0 bridgehead atoms. The molecule has 4 rings (SSSR count). The predicted octanol–water partition coefficient (Wildman–Crippen LogP) is 4.06. The zero-order chi connectivity index (χ0) is 23.4. The number of amides is 2. The van der Waals surface area contributed by atoms with Crippen LogP contribution in [0.3, 0.4) is 0 Å². The van der Waals surface area contributed by atoms with Crippen molar-refractivity contribution >= 4 is 35.0 Å². The summed E-state index contributed by atoms with van der Waals surface area (Å²) >= 11 is 1.50. The Labute approximate surface area is 196 Å². The van der Waals surface area contributed by atoms with Crippen LogP contribution >= 0.6 is 11.8 Å². The number of carbonyl (C=O) groups excluding carboxylic acids is 2. The van der Waals surface area contributed by atoms with Crippen molar-refractivity contribution in [2.45, 2.75) is 24.8 Å². The number of fused-ring (bicyclic) bond motifs is 1. The van der Waals surface area contributed by atoms with Crippen LogP contribution in [0.15, 0.2) is 53.6 Å². The average Bonchev–Trinajstić information content (AvgIpc) is 3.17. The summed E-state index contributed by atoms with van der Waals surface area (Å²) in [5.74, 6) is 1.40. The van der Waals surface area contributed by atoms with Crippen LogP contribution in [-0.4, -0.2) is 48.1 Å². The van der Waals surface area contributed by atoms with Crippen LogP contribution in [0, 0.1) is 6.92 Å². The van der Waals surface area contributed by atoms with Gasteiger partial charge in [-0.15, -0.1) is 0 Å². The lowest BCUT2D eigenvalue weighted by molar-refractivity contribution is -0.117. The van der Waals surface area contributed by atoms with E-state index in [-0.39, 0.29) is 18.2 Å². The standard InChI is InChI=1S/C24H26N4O4S/c1-16-23-24(28(26-16)18-8-5-4-6-9-18)33-15-22(30)27(23)13-7-10-21(29)25-17-11-12-19(31-2)20(14-17)32-3/h4-6,8-9,11-12,14H,7,10,13,15H2,1-3H3,(H,25,29). The number of ether oxygens (including phenoxy) is 2. The molecule has 0 unspecified atom stereocenters. The maximum absolute atomic E-state index is 12.7. The Morgan fingerprint density at radius 3 is 2.61 bits per heavy atom. The van der Waals surface area contributed by atoms with E-state index in [0.717, 1.165) is 22.1 Å². The van der Waals surface area contributed by atoms with Crippen LogP contribution in [0.5, 0.6) is 11.5 Å². The third-order valence-corrected chi connectivity index (χ3v) is 6.38.